The van der Waals surface area contributed by atoms with Crippen LogP contribution in [0, 0.1) is 0 Å². The summed E-state index contributed by atoms with van der Waals surface area (Å²) in [5, 5.41) is 12.7. The van der Waals surface area contributed by atoms with Gasteiger partial charge in [0.2, 0.25) is 0 Å². The van der Waals surface area contributed by atoms with Crippen LogP contribution in [0.25, 0.3) is 0 Å². The summed E-state index contributed by atoms with van der Waals surface area (Å²) in [7, 11) is 0. The predicted octanol–water partition coefficient (Wildman–Crippen LogP) is 2.82. The van der Waals surface area contributed by atoms with Crippen LogP contribution in [-0.4, -0.2) is 42.3 Å². The van der Waals surface area contributed by atoms with E-state index >= 15 is 0 Å². The van der Waals surface area contributed by atoms with E-state index in [9.17, 15) is 18.3 Å². The molecule has 1 rings (SSSR count). The van der Waals surface area contributed by atoms with E-state index in [1.54, 1.807) is 6.07 Å². The van der Waals surface area contributed by atoms with Crippen molar-refractivity contribution in [1.82, 2.24) is 4.90 Å². The van der Waals surface area contributed by atoms with Gasteiger partial charge in [-0.15, -0.1) is 0 Å². The lowest BCUT2D eigenvalue weighted by Crippen LogP contribution is -2.35. The number of likely N-dealkylation sites (N-methyl/N-ethyl adjacent to an activating group) is 1. The molecule has 0 spiro atoms. The third-order valence-corrected chi connectivity index (χ3v) is 3.10. The van der Waals surface area contributed by atoms with Crippen molar-refractivity contribution in [2.24, 2.45) is 0 Å². The van der Waals surface area contributed by atoms with Gasteiger partial charge in [-0.2, -0.15) is 13.2 Å². The monoisotopic (exact) mass is 290 g/mol. The molecule has 0 saturated carbocycles. The van der Waals surface area contributed by atoms with Gasteiger partial charge in [0.05, 0.1) is 11.7 Å². The molecule has 0 fully saturated rings. The molecule has 0 aliphatic heterocycles. The van der Waals surface area contributed by atoms with Crippen molar-refractivity contribution in [2.45, 2.75) is 26.1 Å². The lowest BCUT2D eigenvalue weighted by Gasteiger charge is -2.22. The van der Waals surface area contributed by atoms with Crippen LogP contribution in [0.1, 0.15) is 19.4 Å². The first-order chi connectivity index (χ1) is 9.36. The highest BCUT2D eigenvalue weighted by Crippen LogP contribution is 2.30. The van der Waals surface area contributed by atoms with E-state index in [1.807, 2.05) is 13.8 Å². The molecule has 114 valence electrons. The Balaban J connectivity index is 2.53. The van der Waals surface area contributed by atoms with Crippen LogP contribution in [0.4, 0.5) is 18.9 Å². The van der Waals surface area contributed by atoms with Gasteiger partial charge in [0.1, 0.15) is 0 Å². The highest BCUT2D eigenvalue weighted by molar-refractivity contribution is 5.46. The predicted molar refractivity (Wildman–Crippen MR) is 73.7 cm³/mol. The number of hydrogen-bond acceptors (Lipinski definition) is 3. The number of halogens is 3. The summed E-state index contributed by atoms with van der Waals surface area (Å²) in [6.07, 6.45) is -4.97. The summed E-state index contributed by atoms with van der Waals surface area (Å²) in [5.41, 5.74) is -0.334. The minimum Gasteiger partial charge on any atom is -0.390 e. The molecule has 2 N–H and O–H groups in total. The van der Waals surface area contributed by atoms with Gasteiger partial charge in [0, 0.05) is 18.8 Å². The largest absolute Gasteiger partial charge is 0.416 e. The topological polar surface area (TPSA) is 35.5 Å². The molecule has 0 heterocycles. The number of nitrogens with one attached hydrogen (secondary N) is 1. The molecule has 1 unspecified atom stereocenters. The smallest absolute Gasteiger partial charge is 0.390 e. The number of benzene rings is 1. The molecule has 20 heavy (non-hydrogen) atoms. The minimum absolute atomic E-state index is 0.220. The molecule has 0 bridgehead atoms. The van der Waals surface area contributed by atoms with E-state index in [2.05, 4.69) is 10.2 Å². The highest BCUT2D eigenvalue weighted by atomic mass is 19.4. The maximum Gasteiger partial charge on any atom is 0.416 e. The summed E-state index contributed by atoms with van der Waals surface area (Å²) < 4.78 is 37.6. The van der Waals surface area contributed by atoms with E-state index < -0.39 is 17.8 Å². The molecule has 0 aliphatic rings. The SMILES string of the molecule is CCN(CC)CC(O)CNc1cccc(C(F)(F)F)c1. The molecular formula is C14H21F3N2O. The van der Waals surface area contributed by atoms with Crippen LogP contribution < -0.4 is 5.32 Å². The van der Waals surface area contributed by atoms with Crippen molar-refractivity contribution >= 4 is 5.69 Å². The van der Waals surface area contributed by atoms with E-state index in [1.165, 1.54) is 6.07 Å². The third kappa shape index (κ3) is 5.38. The fraction of sp³-hybridized carbons (Fsp3) is 0.571. The van der Waals surface area contributed by atoms with Gasteiger partial charge in [-0.25, -0.2) is 0 Å². The van der Waals surface area contributed by atoms with E-state index in [4.69, 9.17) is 0 Å². The van der Waals surface area contributed by atoms with Crippen molar-refractivity contribution < 1.29 is 18.3 Å². The van der Waals surface area contributed by atoms with Crippen LogP contribution in [0.3, 0.4) is 0 Å². The average molecular weight is 290 g/mol. The number of aliphatic hydroxyl groups excluding tert-OH is 1. The van der Waals surface area contributed by atoms with Crippen molar-refractivity contribution in [2.75, 3.05) is 31.5 Å². The average Bonchev–Trinajstić information content (AvgIpc) is 2.42. The summed E-state index contributed by atoms with van der Waals surface area (Å²) in [6, 6.07) is 4.98. The van der Waals surface area contributed by atoms with Gasteiger partial charge in [0.15, 0.2) is 0 Å². The Bertz CT molecular complexity index is 406. The molecule has 1 aromatic rings. The molecule has 0 aromatic heterocycles. The Morgan fingerprint density at radius 3 is 2.45 bits per heavy atom. The van der Waals surface area contributed by atoms with Crippen LogP contribution in [0.15, 0.2) is 24.3 Å². The number of rotatable bonds is 7. The van der Waals surface area contributed by atoms with Gasteiger partial charge in [-0.1, -0.05) is 19.9 Å². The molecular weight excluding hydrogens is 269 g/mol. The Labute approximate surface area is 117 Å². The Morgan fingerprint density at radius 2 is 1.90 bits per heavy atom. The van der Waals surface area contributed by atoms with Crippen molar-refractivity contribution in [3.05, 3.63) is 29.8 Å². The zero-order chi connectivity index (χ0) is 15.2. The number of alkyl halides is 3. The normalized spacial score (nSPS) is 13.6. The number of anilines is 1. The molecule has 1 atom stereocenters. The van der Waals surface area contributed by atoms with Crippen molar-refractivity contribution in [3.63, 3.8) is 0 Å². The highest BCUT2D eigenvalue weighted by Gasteiger charge is 2.30. The quantitative estimate of drug-likeness (QED) is 0.810. The summed E-state index contributed by atoms with van der Waals surface area (Å²) in [4.78, 5) is 2.05. The second-order valence-electron chi connectivity index (χ2n) is 4.60. The van der Waals surface area contributed by atoms with Gasteiger partial charge < -0.3 is 15.3 Å². The van der Waals surface area contributed by atoms with Gasteiger partial charge >= 0.3 is 6.18 Å². The minimum atomic E-state index is -4.35. The maximum atomic E-state index is 12.5. The molecule has 0 aliphatic carbocycles. The zero-order valence-electron chi connectivity index (χ0n) is 11.7. The first-order valence-corrected chi connectivity index (χ1v) is 6.68. The summed E-state index contributed by atoms with van der Waals surface area (Å²) in [5.74, 6) is 0. The maximum absolute atomic E-state index is 12.5. The molecule has 0 amide bonds. The molecule has 6 heteroatoms. The molecule has 1 aromatic carbocycles. The van der Waals surface area contributed by atoms with Gasteiger partial charge in [-0.05, 0) is 31.3 Å². The molecule has 0 radical (unpaired) electrons. The lowest BCUT2D eigenvalue weighted by molar-refractivity contribution is -0.137. The zero-order valence-corrected chi connectivity index (χ0v) is 11.7. The first-order valence-electron chi connectivity index (χ1n) is 6.68. The lowest BCUT2D eigenvalue weighted by atomic mass is 10.2. The van der Waals surface area contributed by atoms with Crippen LogP contribution in [0.2, 0.25) is 0 Å². The van der Waals surface area contributed by atoms with Crippen LogP contribution >= 0.6 is 0 Å². The van der Waals surface area contributed by atoms with Crippen LogP contribution in [0.5, 0.6) is 0 Å². The Hall–Kier alpha value is -1.27. The van der Waals surface area contributed by atoms with Crippen molar-refractivity contribution in [3.8, 4) is 0 Å². The second-order valence-corrected chi connectivity index (χ2v) is 4.60. The first kappa shape index (κ1) is 16.8. The third-order valence-electron chi connectivity index (χ3n) is 3.10. The fourth-order valence-electron chi connectivity index (χ4n) is 1.89. The summed E-state index contributed by atoms with van der Waals surface area (Å²) >= 11 is 0. The van der Waals surface area contributed by atoms with E-state index in [-0.39, 0.29) is 6.54 Å². The van der Waals surface area contributed by atoms with Crippen molar-refractivity contribution in [1.29, 1.82) is 0 Å². The molecule has 0 saturated heterocycles. The van der Waals surface area contributed by atoms with Crippen LogP contribution in [-0.2, 0) is 6.18 Å². The number of aliphatic hydroxyl groups is 1. The second kappa shape index (κ2) is 7.50. The standard InChI is InChI=1S/C14H21F3N2O/c1-3-19(4-2)10-13(20)9-18-12-7-5-6-11(8-12)14(15,16)17/h5-8,13,18,20H,3-4,9-10H2,1-2H3. The Kier molecular flexibility index (Phi) is 6.29. The summed E-state index contributed by atoms with van der Waals surface area (Å²) in [6.45, 7) is 6.37. The molecule has 3 nitrogen and oxygen atoms in total. The number of hydrogen-bond donors (Lipinski definition) is 2. The van der Waals surface area contributed by atoms with Gasteiger partial charge in [-0.3, -0.25) is 0 Å². The fourth-order valence-corrected chi connectivity index (χ4v) is 1.89. The van der Waals surface area contributed by atoms with E-state index in [0.29, 0.717) is 12.2 Å². The van der Waals surface area contributed by atoms with Gasteiger partial charge in [0.25, 0.3) is 0 Å². The number of nitrogens with zero attached hydrogens (tertiary/aromatic N) is 1. The Morgan fingerprint density at radius 1 is 1.25 bits per heavy atom. The van der Waals surface area contributed by atoms with E-state index in [0.717, 1.165) is 25.2 Å².